The monoisotopic (exact) mass is 415 g/mol. The predicted octanol–water partition coefficient (Wildman–Crippen LogP) is 3.01. The summed E-state index contributed by atoms with van der Waals surface area (Å²) in [5, 5.41) is 0. The van der Waals surface area contributed by atoms with Gasteiger partial charge in [0.2, 0.25) is 0 Å². The minimum Gasteiger partial charge on any atom is -0.466 e. The molecular weight excluding hydrogens is 394 g/mol. The first-order valence-corrected chi connectivity index (χ1v) is 9.46. The first-order chi connectivity index (χ1) is 12.5. The van der Waals surface area contributed by atoms with Gasteiger partial charge in [0, 0.05) is 13.1 Å². The van der Waals surface area contributed by atoms with Crippen LogP contribution in [0, 0.1) is 5.82 Å². The molecule has 0 aliphatic rings. The van der Waals surface area contributed by atoms with Crippen LogP contribution in [0.2, 0.25) is 0 Å². The molecule has 0 N–H and O–H groups in total. The Bertz CT molecular complexity index is 707. The lowest BCUT2D eigenvalue weighted by atomic mass is 10.1. The number of benzene rings is 1. The number of rotatable bonds is 10. The van der Waals surface area contributed by atoms with Gasteiger partial charge in [0.25, 0.3) is 0 Å². The maximum atomic E-state index is 13.0. The van der Waals surface area contributed by atoms with Crippen LogP contribution in [0.5, 0.6) is 0 Å². The van der Waals surface area contributed by atoms with Crippen molar-refractivity contribution in [1.29, 1.82) is 0 Å². The minimum absolute atomic E-state index is 0.0766. The molecule has 0 unspecified atom stereocenters. The van der Waals surface area contributed by atoms with Gasteiger partial charge in [0.05, 0.1) is 13.0 Å². The first kappa shape index (κ1) is 23.3. The van der Waals surface area contributed by atoms with E-state index in [1.165, 1.54) is 0 Å². The van der Waals surface area contributed by atoms with E-state index >= 15 is 0 Å². The smallest absolute Gasteiger partial charge is 0.466 e. The normalized spacial score (nSPS) is 13.6. The average molecular weight is 415 g/mol. The summed E-state index contributed by atoms with van der Waals surface area (Å²) in [6.45, 7) is 2.29. The molecule has 1 aromatic carbocycles. The number of ether oxygens (including phenoxy) is 1. The Hall–Kier alpha value is -1.72. The van der Waals surface area contributed by atoms with Gasteiger partial charge >= 0.3 is 21.6 Å². The Labute approximate surface area is 155 Å². The second kappa shape index (κ2) is 10.00. The Morgan fingerprint density at radius 2 is 1.78 bits per heavy atom. The summed E-state index contributed by atoms with van der Waals surface area (Å²) in [7, 11) is -4.21. The predicted molar refractivity (Wildman–Crippen MR) is 88.6 cm³/mol. The third-order valence-corrected chi connectivity index (χ3v) is 4.60. The summed E-state index contributed by atoms with van der Waals surface area (Å²) >= 11 is 0. The van der Waals surface area contributed by atoms with E-state index in [4.69, 9.17) is 4.74 Å². The van der Waals surface area contributed by atoms with E-state index in [0.717, 1.165) is 24.3 Å². The van der Waals surface area contributed by atoms with Crippen molar-refractivity contribution >= 4 is 16.1 Å². The summed E-state index contributed by atoms with van der Waals surface area (Å²) in [5.74, 6) is -1.04. The standard InChI is InChI=1S/C16H21F4NO5S/c1-3-25-15(22)9-11-21(2)10-8-14(12-4-6-13(17)7-5-12)26-27(23,24)16(18,19)20/h4-7,14H,3,8-11H2,1-2H3/t14-/m0/s1. The Kier molecular flexibility index (Phi) is 8.63. The second-order valence-corrected chi connectivity index (χ2v) is 7.25. The molecular formula is C16H21F4NO5S. The molecule has 0 aliphatic carbocycles. The lowest BCUT2D eigenvalue weighted by Gasteiger charge is -2.22. The summed E-state index contributed by atoms with van der Waals surface area (Å²) in [6, 6.07) is 4.31. The van der Waals surface area contributed by atoms with Crippen molar-refractivity contribution < 1.29 is 39.7 Å². The fraction of sp³-hybridized carbons (Fsp3) is 0.562. The molecule has 0 aromatic heterocycles. The van der Waals surface area contributed by atoms with Gasteiger partial charge in [-0.3, -0.25) is 8.98 Å². The maximum absolute atomic E-state index is 13.0. The third kappa shape index (κ3) is 7.81. The van der Waals surface area contributed by atoms with Gasteiger partial charge in [-0.2, -0.15) is 21.6 Å². The van der Waals surface area contributed by atoms with Gasteiger partial charge in [0.1, 0.15) is 11.9 Å². The molecule has 6 nitrogen and oxygen atoms in total. The van der Waals surface area contributed by atoms with Crippen molar-refractivity contribution in [1.82, 2.24) is 4.90 Å². The molecule has 11 heteroatoms. The summed E-state index contributed by atoms with van der Waals surface area (Å²) in [5.41, 5.74) is -5.48. The van der Waals surface area contributed by atoms with E-state index in [2.05, 4.69) is 4.18 Å². The summed E-state index contributed by atoms with van der Waals surface area (Å²) in [6.07, 6.45) is -1.50. The fourth-order valence-corrected chi connectivity index (χ4v) is 2.74. The van der Waals surface area contributed by atoms with Crippen molar-refractivity contribution in [2.45, 2.75) is 31.4 Å². The van der Waals surface area contributed by atoms with Crippen LogP contribution in [-0.2, 0) is 23.8 Å². The highest BCUT2D eigenvalue weighted by atomic mass is 32.2. The molecule has 0 fully saturated rings. The SMILES string of the molecule is CCOC(=O)CCN(C)CC[C@H](OS(=O)(=O)C(F)(F)F)c1ccc(F)cc1. The molecule has 0 saturated carbocycles. The van der Waals surface area contributed by atoms with E-state index in [9.17, 15) is 30.8 Å². The van der Waals surface area contributed by atoms with Crippen molar-refractivity contribution in [2.75, 3.05) is 26.7 Å². The van der Waals surface area contributed by atoms with Crippen LogP contribution >= 0.6 is 0 Å². The molecule has 27 heavy (non-hydrogen) atoms. The summed E-state index contributed by atoms with van der Waals surface area (Å²) in [4.78, 5) is 12.9. The van der Waals surface area contributed by atoms with Crippen molar-refractivity contribution in [3.05, 3.63) is 35.6 Å². The number of nitrogens with zero attached hydrogens (tertiary/aromatic N) is 1. The largest absolute Gasteiger partial charge is 0.523 e. The second-order valence-electron chi connectivity index (χ2n) is 5.68. The quantitative estimate of drug-likeness (QED) is 0.253. The van der Waals surface area contributed by atoms with Crippen LogP contribution in [0.4, 0.5) is 17.6 Å². The van der Waals surface area contributed by atoms with Crippen LogP contribution < -0.4 is 0 Å². The van der Waals surface area contributed by atoms with E-state index in [0.29, 0.717) is 0 Å². The minimum atomic E-state index is -5.82. The van der Waals surface area contributed by atoms with Gasteiger partial charge in [-0.1, -0.05) is 12.1 Å². The highest BCUT2D eigenvalue weighted by Crippen LogP contribution is 2.32. The molecule has 0 saturated heterocycles. The molecule has 0 radical (unpaired) electrons. The van der Waals surface area contributed by atoms with E-state index in [1.54, 1.807) is 18.9 Å². The van der Waals surface area contributed by atoms with Crippen LogP contribution in [0.3, 0.4) is 0 Å². The van der Waals surface area contributed by atoms with Crippen molar-refractivity contribution in [2.24, 2.45) is 0 Å². The van der Waals surface area contributed by atoms with E-state index in [-0.39, 0.29) is 38.1 Å². The average Bonchev–Trinajstić information content (AvgIpc) is 2.56. The van der Waals surface area contributed by atoms with Crippen molar-refractivity contribution in [3.63, 3.8) is 0 Å². The van der Waals surface area contributed by atoms with Crippen molar-refractivity contribution in [3.8, 4) is 0 Å². The molecule has 154 valence electrons. The number of carbonyl (C=O) groups is 1. The van der Waals surface area contributed by atoms with Crippen LogP contribution in [0.25, 0.3) is 0 Å². The number of halogens is 4. The zero-order valence-corrected chi connectivity index (χ0v) is 15.6. The van der Waals surface area contributed by atoms with E-state index in [1.807, 2.05) is 0 Å². The zero-order chi connectivity index (χ0) is 20.7. The topological polar surface area (TPSA) is 72.9 Å². The first-order valence-electron chi connectivity index (χ1n) is 8.05. The van der Waals surface area contributed by atoms with Gasteiger partial charge in [0.15, 0.2) is 0 Å². The molecule has 0 aliphatic heterocycles. The molecule has 1 atom stereocenters. The van der Waals surface area contributed by atoms with Gasteiger partial charge in [-0.15, -0.1) is 0 Å². The van der Waals surface area contributed by atoms with Crippen LogP contribution in [-0.4, -0.2) is 51.5 Å². The lowest BCUT2D eigenvalue weighted by molar-refractivity contribution is -0.143. The Balaban J connectivity index is 2.80. The fourth-order valence-electron chi connectivity index (χ4n) is 2.12. The zero-order valence-electron chi connectivity index (χ0n) is 14.8. The number of alkyl halides is 3. The number of esters is 1. The highest BCUT2D eigenvalue weighted by molar-refractivity contribution is 7.87. The Morgan fingerprint density at radius 1 is 1.19 bits per heavy atom. The number of hydrogen-bond donors (Lipinski definition) is 0. The third-order valence-electron chi connectivity index (χ3n) is 3.54. The van der Waals surface area contributed by atoms with Crippen LogP contribution in [0.1, 0.15) is 31.4 Å². The highest BCUT2D eigenvalue weighted by Gasteiger charge is 2.48. The van der Waals surface area contributed by atoms with E-state index < -0.39 is 33.5 Å². The van der Waals surface area contributed by atoms with Gasteiger partial charge in [-0.25, -0.2) is 4.39 Å². The van der Waals surface area contributed by atoms with Gasteiger partial charge in [-0.05, 0) is 38.1 Å². The number of hydrogen-bond acceptors (Lipinski definition) is 6. The molecule has 1 aromatic rings. The molecule has 0 amide bonds. The molecule has 0 bridgehead atoms. The molecule has 0 spiro atoms. The van der Waals surface area contributed by atoms with Crippen LogP contribution in [0.15, 0.2) is 24.3 Å². The van der Waals surface area contributed by atoms with Gasteiger partial charge < -0.3 is 9.64 Å². The Morgan fingerprint density at radius 3 is 2.30 bits per heavy atom. The molecule has 1 rings (SSSR count). The lowest BCUT2D eigenvalue weighted by Crippen LogP contribution is -2.29. The molecule has 0 heterocycles. The maximum Gasteiger partial charge on any atom is 0.523 e. The number of carbonyl (C=O) groups excluding carboxylic acids is 1. The summed E-state index contributed by atoms with van der Waals surface area (Å²) < 4.78 is 82.7.